The highest BCUT2D eigenvalue weighted by molar-refractivity contribution is 6.30. The minimum absolute atomic E-state index is 0.607. The van der Waals surface area contributed by atoms with Gasteiger partial charge in [-0.1, -0.05) is 11.6 Å². The second-order valence-electron chi connectivity index (χ2n) is 2.06. The van der Waals surface area contributed by atoms with Gasteiger partial charge in [-0.05, 0) is 24.3 Å². The first-order valence-electron chi connectivity index (χ1n) is 3.19. The summed E-state index contributed by atoms with van der Waals surface area (Å²) in [5.41, 5.74) is 5.11. The molecule has 0 unspecified atom stereocenters. The molecule has 0 aliphatic carbocycles. The zero-order valence-corrected chi connectivity index (χ0v) is 6.80. The Morgan fingerprint density at radius 2 is 1.92 bits per heavy atom. The summed E-state index contributed by atoms with van der Waals surface area (Å²) < 4.78 is 0. The fraction of sp³-hybridized carbons (Fsp3) is 0. The van der Waals surface area contributed by atoms with Gasteiger partial charge in [-0.3, -0.25) is 5.43 Å². The molecule has 1 amide bonds. The third kappa shape index (κ3) is 2.67. The van der Waals surface area contributed by atoms with E-state index in [1.165, 1.54) is 0 Å². The first-order chi connectivity index (χ1) is 5.68. The topological polar surface area (TPSA) is 61.4 Å². The Morgan fingerprint density at radius 1 is 1.33 bits per heavy atom. The maximum atomic E-state index is 10.0. The van der Waals surface area contributed by atoms with E-state index in [1.807, 2.05) is 5.43 Å². The highest BCUT2D eigenvalue weighted by Gasteiger charge is 1.93. The van der Waals surface area contributed by atoms with Gasteiger partial charge in [0.1, 0.15) is 0 Å². The van der Waals surface area contributed by atoms with E-state index in [0.717, 1.165) is 0 Å². The Bertz CT molecular complexity index is 273. The normalized spacial score (nSPS) is 9.08. The first kappa shape index (κ1) is 8.67. The molecule has 0 atom stereocenters. The molecule has 0 saturated carbocycles. The van der Waals surface area contributed by atoms with Crippen LogP contribution < -0.4 is 10.9 Å². The maximum Gasteiger partial charge on any atom is 0.423 e. The number of amides is 1. The number of nitrogens with one attached hydrogen (secondary N) is 2. The third-order valence-electron chi connectivity index (χ3n) is 1.16. The van der Waals surface area contributed by atoms with E-state index in [0.29, 0.717) is 10.7 Å². The van der Waals surface area contributed by atoms with E-state index < -0.39 is 6.09 Å². The van der Waals surface area contributed by atoms with Gasteiger partial charge in [0.05, 0.1) is 5.69 Å². The van der Waals surface area contributed by atoms with Crippen molar-refractivity contribution >= 4 is 23.4 Å². The molecule has 0 aliphatic rings. The Labute approximate surface area is 74.1 Å². The molecule has 64 valence electrons. The lowest BCUT2D eigenvalue weighted by molar-refractivity contribution is 0.197. The maximum absolute atomic E-state index is 10.0. The number of carbonyl (C=O) groups is 1. The lowest BCUT2D eigenvalue weighted by Crippen LogP contribution is -2.27. The second-order valence-corrected chi connectivity index (χ2v) is 2.50. The van der Waals surface area contributed by atoms with E-state index >= 15 is 0 Å². The molecular formula is C7H7ClN2O2. The summed E-state index contributed by atoms with van der Waals surface area (Å²) in [5.74, 6) is 0. The van der Waals surface area contributed by atoms with Crippen LogP contribution in [0.4, 0.5) is 10.5 Å². The lowest BCUT2D eigenvalue weighted by Gasteiger charge is -2.03. The number of rotatable bonds is 2. The number of halogens is 1. The van der Waals surface area contributed by atoms with E-state index in [2.05, 4.69) is 5.43 Å². The summed E-state index contributed by atoms with van der Waals surface area (Å²) in [7, 11) is 0. The van der Waals surface area contributed by atoms with Crippen molar-refractivity contribution in [1.82, 2.24) is 5.43 Å². The molecule has 4 nitrogen and oxygen atoms in total. The highest BCUT2D eigenvalue weighted by Crippen LogP contribution is 2.12. The Kier molecular flexibility index (Phi) is 2.76. The molecule has 3 N–H and O–H groups in total. The molecule has 0 saturated heterocycles. The largest absolute Gasteiger partial charge is 0.464 e. The van der Waals surface area contributed by atoms with Crippen molar-refractivity contribution in [3.8, 4) is 0 Å². The number of hydrogen-bond donors (Lipinski definition) is 3. The molecule has 0 spiro atoms. The predicted octanol–water partition coefficient (Wildman–Crippen LogP) is 1.93. The van der Waals surface area contributed by atoms with Crippen molar-refractivity contribution in [3.05, 3.63) is 29.3 Å². The zero-order valence-electron chi connectivity index (χ0n) is 6.04. The molecule has 0 aromatic heterocycles. The van der Waals surface area contributed by atoms with Crippen molar-refractivity contribution in [3.63, 3.8) is 0 Å². The van der Waals surface area contributed by atoms with Crippen LogP contribution in [0.25, 0.3) is 0 Å². The number of benzene rings is 1. The van der Waals surface area contributed by atoms with Crippen LogP contribution in [-0.2, 0) is 0 Å². The van der Waals surface area contributed by atoms with Gasteiger partial charge in [0, 0.05) is 5.02 Å². The smallest absolute Gasteiger partial charge is 0.423 e. The van der Waals surface area contributed by atoms with Crippen LogP contribution in [0.1, 0.15) is 0 Å². The quantitative estimate of drug-likeness (QED) is 0.619. The van der Waals surface area contributed by atoms with E-state index in [9.17, 15) is 4.79 Å². The van der Waals surface area contributed by atoms with Crippen molar-refractivity contribution in [2.24, 2.45) is 0 Å². The van der Waals surface area contributed by atoms with Crippen LogP contribution in [0.2, 0.25) is 5.02 Å². The van der Waals surface area contributed by atoms with Crippen molar-refractivity contribution in [2.75, 3.05) is 5.43 Å². The average Bonchev–Trinajstić information content (AvgIpc) is 2.03. The SMILES string of the molecule is O=C(O)NNc1ccc(Cl)cc1. The summed E-state index contributed by atoms with van der Waals surface area (Å²) in [5, 5.41) is 8.84. The molecular weight excluding hydrogens is 180 g/mol. The molecule has 1 aromatic rings. The standard InChI is InChI=1S/C7H7ClN2O2/c8-5-1-3-6(4-2-5)9-10-7(11)12/h1-4,9-10H,(H,11,12). The van der Waals surface area contributed by atoms with Crippen LogP contribution in [0.5, 0.6) is 0 Å². The van der Waals surface area contributed by atoms with Gasteiger partial charge in [0.2, 0.25) is 0 Å². The molecule has 1 rings (SSSR count). The van der Waals surface area contributed by atoms with Gasteiger partial charge in [0.25, 0.3) is 0 Å². The van der Waals surface area contributed by atoms with Crippen molar-refractivity contribution in [2.45, 2.75) is 0 Å². The van der Waals surface area contributed by atoms with E-state index in [1.54, 1.807) is 24.3 Å². The molecule has 5 heteroatoms. The average molecular weight is 187 g/mol. The van der Waals surface area contributed by atoms with Gasteiger partial charge >= 0.3 is 6.09 Å². The van der Waals surface area contributed by atoms with Gasteiger partial charge < -0.3 is 5.11 Å². The van der Waals surface area contributed by atoms with Gasteiger partial charge in [0.15, 0.2) is 0 Å². The fourth-order valence-corrected chi connectivity index (χ4v) is 0.785. The van der Waals surface area contributed by atoms with Crippen LogP contribution in [0.3, 0.4) is 0 Å². The molecule has 0 bridgehead atoms. The van der Waals surface area contributed by atoms with E-state index in [-0.39, 0.29) is 0 Å². The number of hydrazine groups is 1. The van der Waals surface area contributed by atoms with Crippen molar-refractivity contribution in [1.29, 1.82) is 0 Å². The summed E-state index contributed by atoms with van der Waals surface area (Å²) in [6, 6.07) is 6.65. The Morgan fingerprint density at radius 3 is 2.42 bits per heavy atom. The summed E-state index contributed by atoms with van der Waals surface area (Å²) in [4.78, 5) is 10.0. The van der Waals surface area contributed by atoms with E-state index in [4.69, 9.17) is 16.7 Å². The number of anilines is 1. The van der Waals surface area contributed by atoms with Crippen molar-refractivity contribution < 1.29 is 9.90 Å². The summed E-state index contributed by atoms with van der Waals surface area (Å²) >= 11 is 5.61. The summed E-state index contributed by atoms with van der Waals surface area (Å²) in [6.45, 7) is 0. The van der Waals surface area contributed by atoms with Crippen LogP contribution >= 0.6 is 11.6 Å². The Balaban J connectivity index is 2.53. The minimum Gasteiger partial charge on any atom is -0.464 e. The Hall–Kier alpha value is -1.42. The number of hydrogen-bond acceptors (Lipinski definition) is 2. The highest BCUT2D eigenvalue weighted by atomic mass is 35.5. The molecule has 0 fully saturated rings. The molecule has 0 heterocycles. The van der Waals surface area contributed by atoms with Gasteiger partial charge in [-0.25, -0.2) is 10.2 Å². The van der Waals surface area contributed by atoms with Gasteiger partial charge in [-0.2, -0.15) is 0 Å². The summed E-state index contributed by atoms with van der Waals surface area (Å²) in [6.07, 6.45) is -1.13. The van der Waals surface area contributed by atoms with Crippen LogP contribution in [0.15, 0.2) is 24.3 Å². The monoisotopic (exact) mass is 186 g/mol. The second kappa shape index (κ2) is 3.82. The molecule has 0 aliphatic heterocycles. The minimum atomic E-state index is -1.13. The van der Waals surface area contributed by atoms with Crippen LogP contribution in [0, 0.1) is 0 Å². The van der Waals surface area contributed by atoms with Gasteiger partial charge in [-0.15, -0.1) is 0 Å². The lowest BCUT2D eigenvalue weighted by atomic mass is 10.3. The predicted molar refractivity (Wildman–Crippen MR) is 46.2 cm³/mol. The number of carboxylic acid groups (broad SMARTS) is 1. The molecule has 0 radical (unpaired) electrons. The first-order valence-corrected chi connectivity index (χ1v) is 3.57. The zero-order chi connectivity index (χ0) is 8.97. The van der Waals surface area contributed by atoms with Crippen LogP contribution in [-0.4, -0.2) is 11.2 Å². The molecule has 1 aromatic carbocycles. The third-order valence-corrected chi connectivity index (χ3v) is 1.41. The fourth-order valence-electron chi connectivity index (χ4n) is 0.659. The molecule has 12 heavy (non-hydrogen) atoms.